The predicted octanol–water partition coefficient (Wildman–Crippen LogP) is 18.0. The molecule has 1 spiro atoms. The summed E-state index contributed by atoms with van der Waals surface area (Å²) in [4.78, 5) is 4.70. The fraction of sp³-hybridized carbons (Fsp3) is 0.0149. The molecule has 0 bridgehead atoms. The highest BCUT2D eigenvalue weighted by atomic mass is 15.1. The van der Waals surface area contributed by atoms with Gasteiger partial charge in [0, 0.05) is 34.0 Å². The zero-order valence-corrected chi connectivity index (χ0v) is 38.0. The summed E-state index contributed by atoms with van der Waals surface area (Å²) in [6.45, 7) is 0. The Morgan fingerprint density at radius 2 is 0.623 bits per heavy atom. The van der Waals surface area contributed by atoms with Gasteiger partial charge in [-0.2, -0.15) is 0 Å². The lowest BCUT2D eigenvalue weighted by Crippen LogP contribution is -2.25. The van der Waals surface area contributed by atoms with Gasteiger partial charge in [0.2, 0.25) is 0 Å². The molecule has 0 heterocycles. The Morgan fingerprint density at radius 3 is 1.26 bits per heavy atom. The first-order valence-electron chi connectivity index (χ1n) is 23.8. The van der Waals surface area contributed by atoms with Crippen molar-refractivity contribution in [3.05, 3.63) is 301 Å². The van der Waals surface area contributed by atoms with E-state index < -0.39 is 5.41 Å². The topological polar surface area (TPSA) is 6.48 Å². The van der Waals surface area contributed by atoms with Crippen LogP contribution in [0.2, 0.25) is 0 Å². The van der Waals surface area contributed by atoms with Gasteiger partial charge in [-0.05, 0) is 145 Å². The maximum absolute atomic E-state index is 2.49. The molecular formula is C67H46N2. The van der Waals surface area contributed by atoms with E-state index in [9.17, 15) is 0 Å². The van der Waals surface area contributed by atoms with Gasteiger partial charge in [-0.3, -0.25) is 0 Å². The van der Waals surface area contributed by atoms with Gasteiger partial charge in [-0.25, -0.2) is 0 Å². The SMILES string of the molecule is c1ccc(-c2ccccc2N(c2ccccc2)c2ccc(-c3ccc4c(c3)C3(c5ccccc5-4)c4ccccc4-c4c(-c5ccc(N(c6ccccc6)c6ccccc6)cc5)cccc43)cc2)cc1. The molecular weight excluding hydrogens is 833 g/mol. The molecule has 69 heavy (non-hydrogen) atoms. The molecule has 1 unspecified atom stereocenters. The molecule has 11 aromatic rings. The van der Waals surface area contributed by atoms with E-state index >= 15 is 0 Å². The average molecular weight is 879 g/mol. The Labute approximate surface area is 404 Å². The van der Waals surface area contributed by atoms with E-state index in [2.05, 4.69) is 289 Å². The number of hydrogen-bond donors (Lipinski definition) is 0. The van der Waals surface area contributed by atoms with Crippen LogP contribution in [-0.4, -0.2) is 0 Å². The van der Waals surface area contributed by atoms with E-state index in [0.717, 1.165) is 34.1 Å². The lowest BCUT2D eigenvalue weighted by atomic mass is 9.70. The molecule has 2 aliphatic rings. The molecule has 0 fully saturated rings. The summed E-state index contributed by atoms with van der Waals surface area (Å²) in [5.41, 5.74) is 23.9. The molecule has 0 aromatic heterocycles. The van der Waals surface area contributed by atoms with Gasteiger partial charge in [0.15, 0.2) is 0 Å². The summed E-state index contributed by atoms with van der Waals surface area (Å²) in [5, 5.41) is 0. The third-order valence-corrected chi connectivity index (χ3v) is 14.3. The van der Waals surface area contributed by atoms with Crippen molar-refractivity contribution in [1.29, 1.82) is 0 Å². The minimum Gasteiger partial charge on any atom is -0.311 e. The molecule has 13 rings (SSSR count). The Balaban J connectivity index is 0.928. The molecule has 0 saturated carbocycles. The lowest BCUT2D eigenvalue weighted by Gasteiger charge is -2.31. The van der Waals surface area contributed by atoms with Gasteiger partial charge >= 0.3 is 0 Å². The molecule has 324 valence electrons. The summed E-state index contributed by atoms with van der Waals surface area (Å²) < 4.78 is 0. The van der Waals surface area contributed by atoms with Crippen molar-refractivity contribution >= 4 is 34.1 Å². The largest absolute Gasteiger partial charge is 0.311 e. The second-order valence-corrected chi connectivity index (χ2v) is 18.0. The molecule has 2 heteroatoms. The molecule has 1 atom stereocenters. The maximum Gasteiger partial charge on any atom is 0.0725 e. The lowest BCUT2D eigenvalue weighted by molar-refractivity contribution is 0.794. The summed E-state index contributed by atoms with van der Waals surface area (Å²) in [7, 11) is 0. The van der Waals surface area contributed by atoms with Crippen molar-refractivity contribution < 1.29 is 0 Å². The first-order valence-corrected chi connectivity index (χ1v) is 23.8. The van der Waals surface area contributed by atoms with Crippen molar-refractivity contribution in [2.24, 2.45) is 0 Å². The van der Waals surface area contributed by atoms with E-state index in [1.807, 2.05) is 0 Å². The van der Waals surface area contributed by atoms with E-state index in [1.54, 1.807) is 0 Å². The van der Waals surface area contributed by atoms with Crippen LogP contribution in [0.15, 0.2) is 279 Å². The van der Waals surface area contributed by atoms with E-state index in [4.69, 9.17) is 0 Å². The van der Waals surface area contributed by atoms with Crippen LogP contribution < -0.4 is 9.80 Å². The monoisotopic (exact) mass is 878 g/mol. The number of para-hydroxylation sites is 4. The fourth-order valence-electron chi connectivity index (χ4n) is 11.3. The number of benzene rings is 11. The number of rotatable bonds is 9. The zero-order valence-electron chi connectivity index (χ0n) is 38.0. The third-order valence-electron chi connectivity index (χ3n) is 14.3. The van der Waals surface area contributed by atoms with Crippen LogP contribution in [0, 0.1) is 0 Å². The van der Waals surface area contributed by atoms with Gasteiger partial charge in [-0.15, -0.1) is 0 Å². The number of hydrogen-bond acceptors (Lipinski definition) is 2. The maximum atomic E-state index is 2.49. The highest BCUT2D eigenvalue weighted by Gasteiger charge is 2.52. The standard InChI is InChI=1S/C67H46N2/c1-5-20-48(21-6-1)56-28-15-18-35-65(56)69(53-26-11-4-12-27-53)55-41-36-47(37-42-55)50-40-45-59-58-29-13-16-32-61(58)67(64(59)46-50)62-33-17-14-30-60(62)66-57(31-19-34-63(66)67)49-38-43-54(44-39-49)68(51-22-7-2-8-23-51)52-24-9-3-10-25-52/h1-46H. The van der Waals surface area contributed by atoms with Crippen molar-refractivity contribution in [3.63, 3.8) is 0 Å². The normalized spacial score (nSPS) is 13.9. The van der Waals surface area contributed by atoms with Crippen LogP contribution in [0.1, 0.15) is 22.3 Å². The Bertz CT molecular complexity index is 3600. The van der Waals surface area contributed by atoms with Gasteiger partial charge in [-0.1, -0.05) is 206 Å². The van der Waals surface area contributed by atoms with Crippen molar-refractivity contribution in [2.45, 2.75) is 5.41 Å². The first kappa shape index (κ1) is 40.3. The Kier molecular flexibility index (Phi) is 9.77. The number of fused-ring (bicyclic) bond motifs is 10. The first-order chi connectivity index (χ1) is 34.3. The van der Waals surface area contributed by atoms with E-state index in [1.165, 1.54) is 77.9 Å². The van der Waals surface area contributed by atoms with Crippen molar-refractivity contribution in [1.82, 2.24) is 0 Å². The Morgan fingerprint density at radius 1 is 0.217 bits per heavy atom. The van der Waals surface area contributed by atoms with Crippen molar-refractivity contribution in [3.8, 4) is 55.6 Å². The molecule has 0 aliphatic heterocycles. The molecule has 2 aliphatic carbocycles. The number of anilines is 6. The summed E-state index contributed by atoms with van der Waals surface area (Å²) in [5.74, 6) is 0. The molecule has 11 aromatic carbocycles. The number of nitrogens with zero attached hydrogens (tertiary/aromatic N) is 2. The smallest absolute Gasteiger partial charge is 0.0725 e. The van der Waals surface area contributed by atoms with Crippen LogP contribution >= 0.6 is 0 Å². The van der Waals surface area contributed by atoms with Crippen LogP contribution in [0.4, 0.5) is 34.1 Å². The van der Waals surface area contributed by atoms with Crippen LogP contribution in [0.3, 0.4) is 0 Å². The van der Waals surface area contributed by atoms with E-state index in [-0.39, 0.29) is 0 Å². The summed E-state index contributed by atoms with van der Waals surface area (Å²) in [6.07, 6.45) is 0. The second kappa shape index (κ2) is 16.7. The molecule has 0 amide bonds. The molecule has 0 saturated heterocycles. The van der Waals surface area contributed by atoms with Gasteiger partial charge in [0.25, 0.3) is 0 Å². The Hall–Kier alpha value is -8.98. The van der Waals surface area contributed by atoms with Gasteiger partial charge in [0.1, 0.15) is 0 Å². The highest BCUT2D eigenvalue weighted by molar-refractivity contribution is 6.01. The highest BCUT2D eigenvalue weighted by Crippen LogP contribution is 2.64. The third kappa shape index (κ3) is 6.56. The fourth-order valence-corrected chi connectivity index (χ4v) is 11.3. The van der Waals surface area contributed by atoms with Gasteiger partial charge in [0.05, 0.1) is 11.1 Å². The summed E-state index contributed by atoms with van der Waals surface area (Å²) >= 11 is 0. The average Bonchev–Trinajstić information content (AvgIpc) is 3.90. The van der Waals surface area contributed by atoms with Crippen molar-refractivity contribution in [2.75, 3.05) is 9.80 Å². The summed E-state index contributed by atoms with van der Waals surface area (Å²) in [6, 6.07) is 102. The quantitative estimate of drug-likeness (QED) is 0.143. The molecule has 0 radical (unpaired) electrons. The minimum atomic E-state index is -0.494. The zero-order chi connectivity index (χ0) is 45.7. The van der Waals surface area contributed by atoms with Crippen LogP contribution in [0.25, 0.3) is 55.6 Å². The van der Waals surface area contributed by atoms with Gasteiger partial charge < -0.3 is 9.80 Å². The molecule has 0 N–H and O–H groups in total. The predicted molar refractivity (Wildman–Crippen MR) is 288 cm³/mol. The van der Waals surface area contributed by atoms with Crippen LogP contribution in [0.5, 0.6) is 0 Å². The van der Waals surface area contributed by atoms with E-state index in [0.29, 0.717) is 0 Å². The molecule has 2 nitrogen and oxygen atoms in total. The van der Waals surface area contributed by atoms with Crippen LogP contribution in [-0.2, 0) is 5.41 Å². The second-order valence-electron chi connectivity index (χ2n) is 18.0. The minimum absolute atomic E-state index is 0.494.